The van der Waals surface area contributed by atoms with Crippen molar-refractivity contribution in [2.24, 2.45) is 0 Å². The van der Waals surface area contributed by atoms with Gasteiger partial charge in [0.05, 0.1) is 23.5 Å². The highest BCUT2D eigenvalue weighted by Gasteiger charge is 2.16. The number of ether oxygens (including phenoxy) is 1. The van der Waals surface area contributed by atoms with Crippen LogP contribution >= 0.6 is 0 Å². The molecule has 0 aliphatic rings. The van der Waals surface area contributed by atoms with Gasteiger partial charge in [0.15, 0.2) is 0 Å². The first kappa shape index (κ1) is 19.0. The van der Waals surface area contributed by atoms with Crippen molar-refractivity contribution in [2.75, 3.05) is 17.2 Å². The predicted octanol–water partition coefficient (Wildman–Crippen LogP) is 3.79. The molecule has 0 aliphatic carbocycles. The van der Waals surface area contributed by atoms with Crippen LogP contribution in [0.1, 0.15) is 27.8 Å². The first-order valence-electron chi connectivity index (χ1n) is 8.49. The Morgan fingerprint density at radius 1 is 1.04 bits per heavy atom. The standard InChI is InChI=1S/C20H17FN4O3/c1-2-28-20(27)13-7-3-5-9-15(13)25-19(26)17-11-18(23-12-22-17)24-16-10-6-4-8-14(16)21/h3-12H,2H2,1H3,(H,25,26)(H,22,23,24). The highest BCUT2D eigenvalue weighted by atomic mass is 19.1. The van der Waals surface area contributed by atoms with Gasteiger partial charge in [-0.05, 0) is 31.2 Å². The number of amides is 1. The van der Waals surface area contributed by atoms with Crippen molar-refractivity contribution in [1.29, 1.82) is 0 Å². The number of carbonyl (C=O) groups excluding carboxylic acids is 2. The lowest BCUT2D eigenvalue weighted by atomic mass is 10.1. The fraction of sp³-hybridized carbons (Fsp3) is 0.100. The topological polar surface area (TPSA) is 93.2 Å². The molecular weight excluding hydrogens is 363 g/mol. The Hall–Kier alpha value is -3.81. The van der Waals surface area contributed by atoms with Gasteiger partial charge in [-0.3, -0.25) is 4.79 Å². The van der Waals surface area contributed by atoms with Crippen molar-refractivity contribution < 1.29 is 18.7 Å². The van der Waals surface area contributed by atoms with Crippen LogP contribution in [0.4, 0.5) is 21.6 Å². The maximum absolute atomic E-state index is 13.8. The molecule has 0 spiro atoms. The molecule has 0 aliphatic heterocycles. The summed E-state index contributed by atoms with van der Waals surface area (Å²) in [7, 11) is 0. The predicted molar refractivity (Wildman–Crippen MR) is 102 cm³/mol. The lowest BCUT2D eigenvalue weighted by molar-refractivity contribution is 0.0527. The van der Waals surface area contributed by atoms with Gasteiger partial charge in [0.25, 0.3) is 5.91 Å². The van der Waals surface area contributed by atoms with Crippen LogP contribution in [0.5, 0.6) is 0 Å². The van der Waals surface area contributed by atoms with Crippen molar-refractivity contribution in [3.63, 3.8) is 0 Å². The Labute approximate surface area is 160 Å². The van der Waals surface area contributed by atoms with E-state index in [1.165, 1.54) is 18.5 Å². The van der Waals surface area contributed by atoms with E-state index in [-0.39, 0.29) is 29.4 Å². The number of carbonyl (C=O) groups is 2. The number of halogens is 1. The van der Waals surface area contributed by atoms with Gasteiger partial charge >= 0.3 is 5.97 Å². The van der Waals surface area contributed by atoms with Gasteiger partial charge in [0, 0.05) is 6.07 Å². The molecule has 0 unspecified atom stereocenters. The molecule has 7 nitrogen and oxygen atoms in total. The summed E-state index contributed by atoms with van der Waals surface area (Å²) < 4.78 is 18.8. The monoisotopic (exact) mass is 380 g/mol. The van der Waals surface area contributed by atoms with Crippen LogP contribution in [0.2, 0.25) is 0 Å². The number of anilines is 3. The number of esters is 1. The summed E-state index contributed by atoms with van der Waals surface area (Å²) in [6.45, 7) is 1.92. The smallest absolute Gasteiger partial charge is 0.340 e. The van der Waals surface area contributed by atoms with E-state index in [1.54, 1.807) is 49.4 Å². The van der Waals surface area contributed by atoms with Gasteiger partial charge in [0.2, 0.25) is 0 Å². The molecule has 0 saturated carbocycles. The number of nitrogens with zero attached hydrogens (tertiary/aromatic N) is 2. The normalized spacial score (nSPS) is 10.2. The number of aromatic nitrogens is 2. The molecule has 142 valence electrons. The number of para-hydroxylation sites is 2. The number of rotatable bonds is 6. The molecular formula is C20H17FN4O3. The summed E-state index contributed by atoms with van der Waals surface area (Å²) in [5, 5.41) is 5.43. The van der Waals surface area contributed by atoms with E-state index in [2.05, 4.69) is 20.6 Å². The summed E-state index contributed by atoms with van der Waals surface area (Å²) in [6.07, 6.45) is 1.19. The molecule has 1 heterocycles. The van der Waals surface area contributed by atoms with E-state index in [1.807, 2.05) is 0 Å². The zero-order chi connectivity index (χ0) is 19.9. The van der Waals surface area contributed by atoms with Crippen LogP contribution in [0, 0.1) is 5.82 Å². The second-order valence-electron chi connectivity index (χ2n) is 5.61. The van der Waals surface area contributed by atoms with Crippen LogP contribution in [-0.4, -0.2) is 28.5 Å². The Bertz CT molecular complexity index is 1010. The second kappa shape index (κ2) is 8.72. The molecule has 0 saturated heterocycles. The Kier molecular flexibility index (Phi) is 5.91. The highest BCUT2D eigenvalue weighted by molar-refractivity contribution is 6.07. The van der Waals surface area contributed by atoms with E-state index >= 15 is 0 Å². The Balaban J connectivity index is 1.79. The molecule has 28 heavy (non-hydrogen) atoms. The SMILES string of the molecule is CCOC(=O)c1ccccc1NC(=O)c1cc(Nc2ccccc2F)ncn1. The van der Waals surface area contributed by atoms with Crippen LogP contribution in [0.15, 0.2) is 60.9 Å². The van der Waals surface area contributed by atoms with Gasteiger partial charge in [0.1, 0.15) is 23.7 Å². The fourth-order valence-corrected chi connectivity index (χ4v) is 2.42. The maximum Gasteiger partial charge on any atom is 0.340 e. The molecule has 0 bridgehead atoms. The minimum absolute atomic E-state index is 0.0486. The van der Waals surface area contributed by atoms with Gasteiger partial charge < -0.3 is 15.4 Å². The molecule has 3 aromatic rings. The van der Waals surface area contributed by atoms with E-state index in [0.717, 1.165) is 0 Å². The van der Waals surface area contributed by atoms with E-state index in [0.29, 0.717) is 5.69 Å². The molecule has 1 amide bonds. The summed E-state index contributed by atoms with van der Waals surface area (Å²) in [5.41, 5.74) is 0.803. The average molecular weight is 380 g/mol. The third-order valence-corrected chi connectivity index (χ3v) is 3.71. The minimum atomic E-state index is -0.546. The molecule has 1 aromatic heterocycles. The Morgan fingerprint density at radius 3 is 2.50 bits per heavy atom. The summed E-state index contributed by atoms with van der Waals surface area (Å²) >= 11 is 0. The summed E-state index contributed by atoms with van der Waals surface area (Å²) in [6, 6.07) is 14.0. The third kappa shape index (κ3) is 4.47. The van der Waals surface area contributed by atoms with E-state index in [4.69, 9.17) is 4.74 Å². The van der Waals surface area contributed by atoms with Crippen molar-refractivity contribution in [3.8, 4) is 0 Å². The van der Waals surface area contributed by atoms with Crippen LogP contribution in [0.25, 0.3) is 0 Å². The van der Waals surface area contributed by atoms with Gasteiger partial charge in [-0.25, -0.2) is 19.2 Å². The summed E-state index contributed by atoms with van der Waals surface area (Å²) in [5.74, 6) is -1.28. The van der Waals surface area contributed by atoms with Crippen molar-refractivity contribution in [3.05, 3.63) is 78.0 Å². The average Bonchev–Trinajstić information content (AvgIpc) is 2.70. The van der Waals surface area contributed by atoms with Crippen LogP contribution in [-0.2, 0) is 4.74 Å². The zero-order valence-corrected chi connectivity index (χ0v) is 15.0. The molecule has 0 fully saturated rings. The zero-order valence-electron chi connectivity index (χ0n) is 15.0. The minimum Gasteiger partial charge on any atom is -0.462 e. The number of benzene rings is 2. The molecule has 2 N–H and O–H groups in total. The van der Waals surface area contributed by atoms with Gasteiger partial charge in [-0.2, -0.15) is 0 Å². The number of nitrogens with one attached hydrogen (secondary N) is 2. The van der Waals surface area contributed by atoms with Gasteiger partial charge in [-0.1, -0.05) is 24.3 Å². The first-order chi connectivity index (χ1) is 13.6. The number of hydrogen-bond acceptors (Lipinski definition) is 6. The van der Waals surface area contributed by atoms with E-state index in [9.17, 15) is 14.0 Å². The maximum atomic E-state index is 13.8. The fourth-order valence-electron chi connectivity index (χ4n) is 2.42. The van der Waals surface area contributed by atoms with Gasteiger partial charge in [-0.15, -0.1) is 0 Å². The molecule has 0 radical (unpaired) electrons. The highest BCUT2D eigenvalue weighted by Crippen LogP contribution is 2.20. The lowest BCUT2D eigenvalue weighted by Crippen LogP contribution is -2.17. The first-order valence-corrected chi connectivity index (χ1v) is 8.49. The van der Waals surface area contributed by atoms with Crippen molar-refractivity contribution in [1.82, 2.24) is 9.97 Å². The Morgan fingerprint density at radius 2 is 1.75 bits per heavy atom. The molecule has 3 rings (SSSR count). The second-order valence-corrected chi connectivity index (χ2v) is 5.61. The quantitative estimate of drug-likeness (QED) is 0.632. The third-order valence-electron chi connectivity index (χ3n) is 3.71. The molecule has 0 atom stereocenters. The lowest BCUT2D eigenvalue weighted by Gasteiger charge is -2.11. The van der Waals surface area contributed by atoms with Crippen LogP contribution < -0.4 is 10.6 Å². The van der Waals surface area contributed by atoms with Crippen molar-refractivity contribution in [2.45, 2.75) is 6.92 Å². The summed E-state index contributed by atoms with van der Waals surface area (Å²) in [4.78, 5) is 32.5. The largest absolute Gasteiger partial charge is 0.462 e. The number of hydrogen-bond donors (Lipinski definition) is 2. The van der Waals surface area contributed by atoms with Crippen LogP contribution in [0.3, 0.4) is 0 Å². The van der Waals surface area contributed by atoms with Crippen molar-refractivity contribution >= 4 is 29.1 Å². The van der Waals surface area contributed by atoms with E-state index < -0.39 is 17.7 Å². The molecule has 2 aromatic carbocycles. The molecule has 8 heteroatoms.